The van der Waals surface area contributed by atoms with E-state index in [-0.39, 0.29) is 6.04 Å². The van der Waals surface area contributed by atoms with Crippen molar-refractivity contribution in [3.8, 4) is 17.2 Å². The van der Waals surface area contributed by atoms with E-state index in [1.807, 2.05) is 24.3 Å². The first kappa shape index (κ1) is 17.6. The number of para-hydroxylation sites is 1. The molecule has 5 heteroatoms. The fourth-order valence-corrected chi connectivity index (χ4v) is 3.39. The van der Waals surface area contributed by atoms with Crippen LogP contribution in [0.25, 0.3) is 0 Å². The van der Waals surface area contributed by atoms with E-state index in [0.717, 1.165) is 49.0 Å². The summed E-state index contributed by atoms with van der Waals surface area (Å²) in [6.45, 7) is 3.67. The van der Waals surface area contributed by atoms with Gasteiger partial charge in [0, 0.05) is 43.4 Å². The zero-order valence-corrected chi connectivity index (χ0v) is 15.1. The van der Waals surface area contributed by atoms with Gasteiger partial charge in [0.2, 0.25) is 0 Å². The number of ether oxygens (including phenoxy) is 3. The van der Waals surface area contributed by atoms with Crippen LogP contribution in [0.5, 0.6) is 17.2 Å². The summed E-state index contributed by atoms with van der Waals surface area (Å²) in [5.41, 5.74) is 2.37. The predicted molar refractivity (Wildman–Crippen MR) is 98.6 cm³/mol. The summed E-state index contributed by atoms with van der Waals surface area (Å²) in [7, 11) is 5.10. The van der Waals surface area contributed by atoms with Crippen molar-refractivity contribution in [1.82, 2.24) is 10.2 Å². The Balaban J connectivity index is 1.87. The van der Waals surface area contributed by atoms with Crippen molar-refractivity contribution in [3.63, 3.8) is 0 Å². The normalized spacial score (nSPS) is 18.0. The number of hydrogen-bond donors (Lipinski definition) is 1. The summed E-state index contributed by atoms with van der Waals surface area (Å²) in [5.74, 6) is 2.60. The third kappa shape index (κ3) is 3.89. The molecule has 0 bridgehead atoms. The van der Waals surface area contributed by atoms with Crippen LogP contribution in [0.1, 0.15) is 17.2 Å². The van der Waals surface area contributed by atoms with Gasteiger partial charge in [0.1, 0.15) is 17.2 Å². The van der Waals surface area contributed by atoms with E-state index in [4.69, 9.17) is 14.2 Å². The molecule has 1 heterocycles. The number of benzene rings is 2. The van der Waals surface area contributed by atoms with E-state index in [1.54, 1.807) is 21.3 Å². The fourth-order valence-electron chi connectivity index (χ4n) is 3.39. The van der Waals surface area contributed by atoms with Crippen LogP contribution < -0.4 is 19.5 Å². The first-order valence-electron chi connectivity index (χ1n) is 8.55. The molecule has 0 spiro atoms. The molecule has 2 aromatic rings. The molecular formula is C20H26N2O3. The number of piperazine rings is 1. The lowest BCUT2D eigenvalue weighted by molar-refractivity contribution is 0.149. The largest absolute Gasteiger partial charge is 0.497 e. The molecule has 1 aliphatic heterocycles. The molecule has 1 N–H and O–H groups in total. The van der Waals surface area contributed by atoms with Crippen LogP contribution in [-0.2, 0) is 6.54 Å². The molecule has 1 unspecified atom stereocenters. The van der Waals surface area contributed by atoms with Crippen molar-refractivity contribution in [2.24, 2.45) is 0 Å². The van der Waals surface area contributed by atoms with Crippen molar-refractivity contribution >= 4 is 0 Å². The van der Waals surface area contributed by atoms with Crippen molar-refractivity contribution in [2.75, 3.05) is 41.0 Å². The molecule has 3 rings (SSSR count). The van der Waals surface area contributed by atoms with E-state index in [2.05, 4.69) is 28.4 Å². The molecule has 2 aromatic carbocycles. The Hall–Kier alpha value is -2.24. The Morgan fingerprint density at radius 1 is 1.00 bits per heavy atom. The third-order valence-corrected chi connectivity index (χ3v) is 4.72. The first-order valence-corrected chi connectivity index (χ1v) is 8.55. The van der Waals surface area contributed by atoms with Crippen molar-refractivity contribution in [3.05, 3.63) is 53.6 Å². The average molecular weight is 342 g/mol. The minimum Gasteiger partial charge on any atom is -0.497 e. The average Bonchev–Trinajstić information content (AvgIpc) is 2.68. The Bertz CT molecular complexity index is 705. The molecule has 1 aliphatic rings. The van der Waals surface area contributed by atoms with Crippen LogP contribution in [0, 0.1) is 0 Å². The SMILES string of the molecule is COc1ccc(CN2CCNCC2c2ccccc2OC)c(OC)c1. The van der Waals surface area contributed by atoms with Gasteiger partial charge in [-0.2, -0.15) is 0 Å². The van der Waals surface area contributed by atoms with Gasteiger partial charge in [-0.3, -0.25) is 4.90 Å². The molecule has 1 saturated heterocycles. The van der Waals surface area contributed by atoms with Crippen LogP contribution in [0.4, 0.5) is 0 Å². The summed E-state index contributed by atoms with van der Waals surface area (Å²) < 4.78 is 16.4. The molecule has 0 aromatic heterocycles. The number of rotatable bonds is 6. The second kappa shape index (κ2) is 8.23. The van der Waals surface area contributed by atoms with Crippen molar-refractivity contribution in [1.29, 1.82) is 0 Å². The number of hydrogen-bond acceptors (Lipinski definition) is 5. The molecule has 0 radical (unpaired) electrons. The molecule has 0 aliphatic carbocycles. The highest BCUT2D eigenvalue weighted by molar-refractivity contribution is 5.41. The maximum atomic E-state index is 5.58. The highest BCUT2D eigenvalue weighted by Crippen LogP contribution is 2.33. The molecule has 25 heavy (non-hydrogen) atoms. The number of nitrogens with one attached hydrogen (secondary N) is 1. The van der Waals surface area contributed by atoms with E-state index >= 15 is 0 Å². The minimum atomic E-state index is 0.261. The predicted octanol–water partition coefficient (Wildman–Crippen LogP) is 2.86. The second-order valence-electron chi connectivity index (χ2n) is 6.11. The molecule has 1 fully saturated rings. The van der Waals surface area contributed by atoms with Gasteiger partial charge in [-0.15, -0.1) is 0 Å². The van der Waals surface area contributed by atoms with Gasteiger partial charge in [-0.05, 0) is 12.1 Å². The van der Waals surface area contributed by atoms with Gasteiger partial charge in [-0.25, -0.2) is 0 Å². The van der Waals surface area contributed by atoms with Gasteiger partial charge in [0.05, 0.1) is 27.4 Å². The first-order chi connectivity index (χ1) is 12.3. The van der Waals surface area contributed by atoms with Crippen LogP contribution in [-0.4, -0.2) is 45.9 Å². The van der Waals surface area contributed by atoms with Gasteiger partial charge in [0.25, 0.3) is 0 Å². The van der Waals surface area contributed by atoms with Gasteiger partial charge in [-0.1, -0.05) is 24.3 Å². The number of methoxy groups -OCH3 is 3. The van der Waals surface area contributed by atoms with E-state index in [1.165, 1.54) is 5.56 Å². The van der Waals surface area contributed by atoms with E-state index < -0.39 is 0 Å². The Morgan fingerprint density at radius 2 is 1.80 bits per heavy atom. The fraction of sp³-hybridized carbons (Fsp3) is 0.400. The maximum Gasteiger partial charge on any atom is 0.127 e. The number of nitrogens with zero attached hydrogens (tertiary/aromatic N) is 1. The zero-order chi connectivity index (χ0) is 17.6. The van der Waals surface area contributed by atoms with E-state index in [9.17, 15) is 0 Å². The lowest BCUT2D eigenvalue weighted by Gasteiger charge is -2.37. The molecular weight excluding hydrogens is 316 g/mol. The quantitative estimate of drug-likeness (QED) is 0.874. The summed E-state index contributed by atoms with van der Waals surface area (Å²) >= 11 is 0. The summed E-state index contributed by atoms with van der Waals surface area (Å²) in [5, 5.41) is 3.50. The van der Waals surface area contributed by atoms with Gasteiger partial charge < -0.3 is 19.5 Å². The van der Waals surface area contributed by atoms with Crippen molar-refractivity contribution < 1.29 is 14.2 Å². The third-order valence-electron chi connectivity index (χ3n) is 4.72. The molecule has 0 saturated carbocycles. The lowest BCUT2D eigenvalue weighted by Crippen LogP contribution is -2.45. The van der Waals surface area contributed by atoms with Crippen LogP contribution >= 0.6 is 0 Å². The Kier molecular flexibility index (Phi) is 5.79. The molecule has 1 atom stereocenters. The monoisotopic (exact) mass is 342 g/mol. The standard InChI is InChI=1S/C20H26N2O3/c1-23-16-9-8-15(20(12-16)25-3)14-22-11-10-21-13-18(22)17-6-4-5-7-19(17)24-2/h4-9,12,18,21H,10-11,13-14H2,1-3H3. The second-order valence-corrected chi connectivity index (χ2v) is 6.11. The molecule has 0 amide bonds. The molecule has 134 valence electrons. The van der Waals surface area contributed by atoms with Crippen LogP contribution in [0.3, 0.4) is 0 Å². The summed E-state index contributed by atoms with van der Waals surface area (Å²) in [6.07, 6.45) is 0. The highest BCUT2D eigenvalue weighted by Gasteiger charge is 2.26. The van der Waals surface area contributed by atoms with Gasteiger partial charge >= 0.3 is 0 Å². The van der Waals surface area contributed by atoms with Crippen molar-refractivity contribution in [2.45, 2.75) is 12.6 Å². The van der Waals surface area contributed by atoms with Crippen LogP contribution in [0.2, 0.25) is 0 Å². The highest BCUT2D eigenvalue weighted by atomic mass is 16.5. The maximum absolute atomic E-state index is 5.58. The Morgan fingerprint density at radius 3 is 2.56 bits per heavy atom. The summed E-state index contributed by atoms with van der Waals surface area (Å²) in [6, 6.07) is 14.5. The topological polar surface area (TPSA) is 43.0 Å². The lowest BCUT2D eigenvalue weighted by atomic mass is 10.0. The van der Waals surface area contributed by atoms with E-state index in [0.29, 0.717) is 0 Å². The molecule has 5 nitrogen and oxygen atoms in total. The Labute approximate surface area is 149 Å². The summed E-state index contributed by atoms with van der Waals surface area (Å²) in [4.78, 5) is 2.47. The zero-order valence-electron chi connectivity index (χ0n) is 15.1. The van der Waals surface area contributed by atoms with Crippen LogP contribution in [0.15, 0.2) is 42.5 Å². The smallest absolute Gasteiger partial charge is 0.127 e. The van der Waals surface area contributed by atoms with Gasteiger partial charge in [0.15, 0.2) is 0 Å². The minimum absolute atomic E-state index is 0.261.